The second kappa shape index (κ2) is 5.47. The van der Waals surface area contributed by atoms with E-state index in [1.807, 2.05) is 12.3 Å². The Hall–Kier alpha value is -1.13. The Balaban J connectivity index is 2.08. The number of aromatic nitrogens is 1. The van der Waals surface area contributed by atoms with Crippen molar-refractivity contribution in [3.8, 4) is 5.75 Å². The summed E-state index contributed by atoms with van der Waals surface area (Å²) in [6.07, 6.45) is 0. The second-order valence-corrected chi connectivity index (χ2v) is 4.86. The Kier molecular flexibility index (Phi) is 3.97. The molecule has 1 heterocycles. The van der Waals surface area contributed by atoms with Gasteiger partial charge >= 0.3 is 0 Å². The third-order valence-corrected chi connectivity index (χ3v) is 3.32. The Morgan fingerprint density at radius 3 is 2.94 bits per heavy atom. The zero-order valence-corrected chi connectivity index (χ0v) is 10.8. The molecule has 0 fully saturated rings. The maximum Gasteiger partial charge on any atom is 0.131 e. The molecule has 0 saturated carbocycles. The molecule has 0 saturated heterocycles. The highest BCUT2D eigenvalue weighted by atomic mass is 35.5. The Labute approximate surface area is 108 Å². The number of nitrogens with zero attached hydrogens (tertiary/aromatic N) is 1. The molecule has 0 aliphatic carbocycles. The van der Waals surface area contributed by atoms with E-state index in [4.69, 9.17) is 16.3 Å². The topological polar surface area (TPSA) is 22.1 Å². The quantitative estimate of drug-likeness (QED) is 0.787. The molecular formula is C12H11ClFNOS. The third kappa shape index (κ3) is 3.17. The number of aryl methyl sites for hydroxylation is 1. The van der Waals surface area contributed by atoms with E-state index in [1.165, 1.54) is 12.1 Å². The van der Waals surface area contributed by atoms with Crippen LogP contribution in [-0.2, 0) is 12.5 Å². The van der Waals surface area contributed by atoms with Gasteiger partial charge in [0.1, 0.15) is 18.2 Å². The Morgan fingerprint density at radius 2 is 2.29 bits per heavy atom. The van der Waals surface area contributed by atoms with Crippen LogP contribution in [0.2, 0.25) is 0 Å². The number of benzene rings is 1. The van der Waals surface area contributed by atoms with Crippen molar-refractivity contribution in [3.63, 3.8) is 0 Å². The van der Waals surface area contributed by atoms with Crippen molar-refractivity contribution in [2.45, 2.75) is 19.4 Å². The maximum absolute atomic E-state index is 13.0. The van der Waals surface area contributed by atoms with E-state index in [1.54, 1.807) is 17.4 Å². The lowest BCUT2D eigenvalue weighted by molar-refractivity contribution is 0.299. The van der Waals surface area contributed by atoms with E-state index in [2.05, 4.69) is 4.98 Å². The number of hydrogen-bond donors (Lipinski definition) is 0. The van der Waals surface area contributed by atoms with Crippen LogP contribution in [0.5, 0.6) is 5.75 Å². The molecule has 17 heavy (non-hydrogen) atoms. The van der Waals surface area contributed by atoms with Gasteiger partial charge in [-0.25, -0.2) is 9.37 Å². The summed E-state index contributed by atoms with van der Waals surface area (Å²) in [5.74, 6) is 0.521. The molecule has 90 valence electrons. The SMILES string of the molecule is Cc1nc(COc2ccc(F)cc2CCl)cs1. The highest BCUT2D eigenvalue weighted by Gasteiger charge is 2.06. The first-order chi connectivity index (χ1) is 8.19. The summed E-state index contributed by atoms with van der Waals surface area (Å²) in [6, 6.07) is 4.33. The summed E-state index contributed by atoms with van der Waals surface area (Å²) in [5.41, 5.74) is 1.52. The fourth-order valence-corrected chi connectivity index (χ4v) is 2.23. The molecule has 5 heteroatoms. The molecule has 0 unspecified atom stereocenters. The Bertz CT molecular complexity index is 515. The predicted molar refractivity (Wildman–Crippen MR) is 67.1 cm³/mol. The minimum Gasteiger partial charge on any atom is -0.487 e. The van der Waals surface area contributed by atoms with Crippen molar-refractivity contribution in [2.24, 2.45) is 0 Å². The van der Waals surface area contributed by atoms with Crippen molar-refractivity contribution in [2.75, 3.05) is 0 Å². The summed E-state index contributed by atoms with van der Waals surface area (Å²) in [4.78, 5) is 4.29. The minimum atomic E-state index is -0.308. The summed E-state index contributed by atoms with van der Waals surface area (Å²) >= 11 is 7.30. The van der Waals surface area contributed by atoms with Gasteiger partial charge in [0.25, 0.3) is 0 Å². The lowest BCUT2D eigenvalue weighted by Gasteiger charge is -2.08. The molecule has 0 aliphatic rings. The number of hydrogen-bond acceptors (Lipinski definition) is 3. The van der Waals surface area contributed by atoms with E-state index in [0.717, 1.165) is 10.7 Å². The molecule has 0 aliphatic heterocycles. The number of rotatable bonds is 4. The molecule has 0 atom stereocenters. The smallest absolute Gasteiger partial charge is 0.131 e. The summed E-state index contributed by atoms with van der Waals surface area (Å²) in [7, 11) is 0. The fraction of sp³-hybridized carbons (Fsp3) is 0.250. The standard InChI is InChI=1S/C12H11ClFNOS/c1-8-15-11(7-17-8)6-16-12-3-2-10(14)4-9(12)5-13/h2-4,7H,5-6H2,1H3. The molecule has 2 aromatic rings. The zero-order chi connectivity index (χ0) is 12.3. The van der Waals surface area contributed by atoms with Crippen LogP contribution in [0.1, 0.15) is 16.3 Å². The number of thiazole rings is 1. The fourth-order valence-electron chi connectivity index (χ4n) is 1.42. The largest absolute Gasteiger partial charge is 0.487 e. The molecule has 0 radical (unpaired) electrons. The van der Waals surface area contributed by atoms with Crippen LogP contribution in [0.15, 0.2) is 23.6 Å². The Morgan fingerprint density at radius 1 is 1.47 bits per heavy atom. The van der Waals surface area contributed by atoms with Crippen LogP contribution in [0.3, 0.4) is 0 Å². The van der Waals surface area contributed by atoms with Gasteiger partial charge in [0.15, 0.2) is 0 Å². The van der Waals surface area contributed by atoms with Crippen molar-refractivity contribution < 1.29 is 9.13 Å². The van der Waals surface area contributed by atoms with Gasteiger partial charge in [-0.05, 0) is 25.1 Å². The zero-order valence-electron chi connectivity index (χ0n) is 9.24. The van der Waals surface area contributed by atoms with Gasteiger partial charge in [-0.2, -0.15) is 0 Å². The van der Waals surface area contributed by atoms with Gasteiger partial charge in [-0.15, -0.1) is 22.9 Å². The van der Waals surface area contributed by atoms with Gasteiger partial charge in [0.2, 0.25) is 0 Å². The average molecular weight is 272 g/mol. The molecule has 0 bridgehead atoms. The normalized spacial score (nSPS) is 10.5. The third-order valence-electron chi connectivity index (χ3n) is 2.21. The van der Waals surface area contributed by atoms with Crippen LogP contribution >= 0.6 is 22.9 Å². The van der Waals surface area contributed by atoms with Gasteiger partial charge in [-0.1, -0.05) is 0 Å². The predicted octanol–water partition coefficient (Wildman–Crippen LogP) is 3.91. The molecular weight excluding hydrogens is 261 g/mol. The van der Waals surface area contributed by atoms with Crippen LogP contribution < -0.4 is 4.74 Å². The first kappa shape index (κ1) is 12.3. The van der Waals surface area contributed by atoms with E-state index < -0.39 is 0 Å². The van der Waals surface area contributed by atoms with Gasteiger partial charge in [-0.3, -0.25) is 0 Å². The highest BCUT2D eigenvalue weighted by molar-refractivity contribution is 7.09. The molecule has 0 amide bonds. The first-order valence-electron chi connectivity index (χ1n) is 5.07. The average Bonchev–Trinajstić information content (AvgIpc) is 2.73. The van der Waals surface area contributed by atoms with Crippen LogP contribution in [0.4, 0.5) is 4.39 Å². The summed E-state index contributed by atoms with van der Waals surface area (Å²) in [5, 5.41) is 2.94. The second-order valence-electron chi connectivity index (χ2n) is 3.53. The van der Waals surface area contributed by atoms with Crippen molar-refractivity contribution >= 4 is 22.9 Å². The van der Waals surface area contributed by atoms with E-state index >= 15 is 0 Å². The molecule has 2 rings (SSSR count). The van der Waals surface area contributed by atoms with Gasteiger partial charge in [0, 0.05) is 10.9 Å². The number of ether oxygens (including phenoxy) is 1. The van der Waals surface area contributed by atoms with E-state index in [0.29, 0.717) is 17.9 Å². The first-order valence-corrected chi connectivity index (χ1v) is 6.48. The molecule has 0 spiro atoms. The van der Waals surface area contributed by atoms with Gasteiger partial charge < -0.3 is 4.74 Å². The monoisotopic (exact) mass is 271 g/mol. The summed E-state index contributed by atoms with van der Waals surface area (Å²) in [6.45, 7) is 2.32. The highest BCUT2D eigenvalue weighted by Crippen LogP contribution is 2.22. The van der Waals surface area contributed by atoms with Crippen LogP contribution in [-0.4, -0.2) is 4.98 Å². The number of halogens is 2. The maximum atomic E-state index is 13.0. The van der Waals surface area contributed by atoms with Gasteiger partial charge in [0.05, 0.1) is 16.6 Å². The van der Waals surface area contributed by atoms with Crippen LogP contribution in [0, 0.1) is 12.7 Å². The lowest BCUT2D eigenvalue weighted by Crippen LogP contribution is -1.98. The molecule has 1 aromatic carbocycles. The number of alkyl halides is 1. The molecule has 0 N–H and O–H groups in total. The van der Waals surface area contributed by atoms with Crippen LogP contribution in [0.25, 0.3) is 0 Å². The van der Waals surface area contributed by atoms with Crippen molar-refractivity contribution in [3.05, 3.63) is 45.7 Å². The lowest BCUT2D eigenvalue weighted by atomic mass is 10.2. The van der Waals surface area contributed by atoms with Crippen molar-refractivity contribution in [1.82, 2.24) is 4.98 Å². The molecule has 2 nitrogen and oxygen atoms in total. The van der Waals surface area contributed by atoms with Crippen molar-refractivity contribution in [1.29, 1.82) is 0 Å². The molecule has 1 aromatic heterocycles. The van der Waals surface area contributed by atoms with E-state index in [9.17, 15) is 4.39 Å². The minimum absolute atomic E-state index is 0.225. The van der Waals surface area contributed by atoms with E-state index in [-0.39, 0.29) is 11.7 Å². The summed E-state index contributed by atoms with van der Waals surface area (Å²) < 4.78 is 18.6.